The summed E-state index contributed by atoms with van der Waals surface area (Å²) in [5.74, 6) is -1.47. The number of carbonyl (C=O) groups is 3. The predicted octanol–water partition coefficient (Wildman–Crippen LogP) is 1.96. The Bertz CT molecular complexity index is 630. The number of hydrogen-bond acceptors (Lipinski definition) is 4. The van der Waals surface area contributed by atoms with E-state index < -0.39 is 23.7 Å². The van der Waals surface area contributed by atoms with E-state index in [2.05, 4.69) is 21.3 Å². The van der Waals surface area contributed by atoms with Crippen LogP contribution in [0.25, 0.3) is 0 Å². The van der Waals surface area contributed by atoms with Gasteiger partial charge < -0.3 is 16.0 Å². The van der Waals surface area contributed by atoms with Gasteiger partial charge in [0.1, 0.15) is 5.82 Å². The quantitative estimate of drug-likeness (QED) is 0.660. The lowest BCUT2D eigenvalue weighted by atomic mass is 10.2. The highest BCUT2D eigenvalue weighted by Gasteiger charge is 2.18. The SMILES string of the molecule is CC(=O)Nc1cc(NCC(=O)NC(=O)NC2CCCC2)ccc1F. The topological polar surface area (TPSA) is 99.3 Å². The van der Waals surface area contributed by atoms with Gasteiger partial charge in [-0.15, -0.1) is 0 Å². The molecule has 1 fully saturated rings. The third-order valence-corrected chi connectivity index (χ3v) is 3.67. The molecule has 1 saturated carbocycles. The number of rotatable bonds is 5. The molecule has 0 spiro atoms. The maximum atomic E-state index is 13.5. The molecule has 7 nitrogen and oxygen atoms in total. The van der Waals surface area contributed by atoms with E-state index >= 15 is 0 Å². The molecule has 0 radical (unpaired) electrons. The highest BCUT2D eigenvalue weighted by atomic mass is 19.1. The van der Waals surface area contributed by atoms with Crippen molar-refractivity contribution in [3.63, 3.8) is 0 Å². The van der Waals surface area contributed by atoms with Crippen LogP contribution in [0.1, 0.15) is 32.6 Å². The molecule has 24 heavy (non-hydrogen) atoms. The fourth-order valence-corrected chi connectivity index (χ4v) is 2.57. The highest BCUT2D eigenvalue weighted by molar-refractivity contribution is 5.96. The summed E-state index contributed by atoms with van der Waals surface area (Å²) < 4.78 is 13.5. The summed E-state index contributed by atoms with van der Waals surface area (Å²) in [4.78, 5) is 34.4. The summed E-state index contributed by atoms with van der Waals surface area (Å²) in [6.45, 7) is 1.12. The molecule has 2 rings (SSSR count). The van der Waals surface area contributed by atoms with Gasteiger partial charge in [-0.2, -0.15) is 0 Å². The molecule has 1 aliphatic rings. The molecule has 4 N–H and O–H groups in total. The van der Waals surface area contributed by atoms with E-state index in [1.165, 1.54) is 25.1 Å². The molecular formula is C16H21FN4O3. The van der Waals surface area contributed by atoms with Crippen LogP contribution in [0.2, 0.25) is 0 Å². The van der Waals surface area contributed by atoms with E-state index in [9.17, 15) is 18.8 Å². The highest BCUT2D eigenvalue weighted by Crippen LogP contribution is 2.19. The van der Waals surface area contributed by atoms with Crippen molar-refractivity contribution in [3.05, 3.63) is 24.0 Å². The van der Waals surface area contributed by atoms with Crippen molar-refractivity contribution >= 4 is 29.2 Å². The van der Waals surface area contributed by atoms with Gasteiger partial charge in [0, 0.05) is 18.7 Å². The number of nitrogens with one attached hydrogen (secondary N) is 4. The number of amides is 4. The van der Waals surface area contributed by atoms with Gasteiger partial charge in [-0.3, -0.25) is 14.9 Å². The standard InChI is InChI=1S/C16H21FN4O3/c1-10(22)19-14-8-12(6-7-13(14)17)18-9-15(23)21-16(24)20-11-4-2-3-5-11/h6-8,11,18H,2-5,9H2,1H3,(H,19,22)(H2,20,21,23,24). The summed E-state index contributed by atoms with van der Waals surface area (Å²) in [5, 5.41) is 10.1. The van der Waals surface area contributed by atoms with Crippen LogP contribution in [0.4, 0.5) is 20.6 Å². The first-order valence-electron chi connectivity index (χ1n) is 7.85. The minimum absolute atomic E-state index is 0.0203. The number of carbonyl (C=O) groups excluding carboxylic acids is 3. The number of urea groups is 1. The van der Waals surface area contributed by atoms with Gasteiger partial charge in [0.25, 0.3) is 0 Å². The van der Waals surface area contributed by atoms with Gasteiger partial charge in [0.15, 0.2) is 0 Å². The van der Waals surface area contributed by atoms with Crippen molar-refractivity contribution in [2.45, 2.75) is 38.6 Å². The van der Waals surface area contributed by atoms with Crippen LogP contribution < -0.4 is 21.3 Å². The minimum Gasteiger partial charge on any atom is -0.376 e. The smallest absolute Gasteiger partial charge is 0.321 e. The summed E-state index contributed by atoms with van der Waals surface area (Å²) in [7, 11) is 0. The average Bonchev–Trinajstić information content (AvgIpc) is 3.00. The van der Waals surface area contributed by atoms with Gasteiger partial charge >= 0.3 is 6.03 Å². The van der Waals surface area contributed by atoms with Crippen LogP contribution in [0.5, 0.6) is 0 Å². The number of benzene rings is 1. The fourth-order valence-electron chi connectivity index (χ4n) is 2.57. The van der Waals surface area contributed by atoms with Crippen LogP contribution in [-0.4, -0.2) is 30.4 Å². The Kier molecular flexibility index (Phi) is 6.11. The summed E-state index contributed by atoms with van der Waals surface area (Å²) in [6.07, 6.45) is 4.03. The zero-order valence-electron chi connectivity index (χ0n) is 13.4. The van der Waals surface area contributed by atoms with E-state index in [1.54, 1.807) is 0 Å². The second-order valence-corrected chi connectivity index (χ2v) is 5.73. The molecule has 0 aliphatic heterocycles. The molecule has 1 aromatic rings. The van der Waals surface area contributed by atoms with Gasteiger partial charge in [0.05, 0.1) is 12.2 Å². The average molecular weight is 336 g/mol. The Morgan fingerprint density at radius 3 is 2.58 bits per heavy atom. The van der Waals surface area contributed by atoms with Crippen molar-refractivity contribution in [3.8, 4) is 0 Å². The number of anilines is 2. The maximum absolute atomic E-state index is 13.5. The summed E-state index contributed by atoms with van der Waals surface area (Å²) in [5.41, 5.74) is 0.471. The number of halogens is 1. The molecule has 0 saturated heterocycles. The molecule has 0 aromatic heterocycles. The first-order valence-corrected chi connectivity index (χ1v) is 7.85. The molecule has 4 amide bonds. The van der Waals surface area contributed by atoms with E-state index in [0.717, 1.165) is 25.7 Å². The van der Waals surface area contributed by atoms with Gasteiger partial charge in [0.2, 0.25) is 11.8 Å². The largest absolute Gasteiger partial charge is 0.376 e. The van der Waals surface area contributed by atoms with Gasteiger partial charge in [-0.25, -0.2) is 9.18 Å². The van der Waals surface area contributed by atoms with Crippen molar-refractivity contribution in [1.29, 1.82) is 0 Å². The predicted molar refractivity (Wildman–Crippen MR) is 88.1 cm³/mol. The number of hydrogen-bond donors (Lipinski definition) is 4. The maximum Gasteiger partial charge on any atom is 0.321 e. The Hall–Kier alpha value is -2.64. The lowest BCUT2D eigenvalue weighted by Crippen LogP contribution is -2.45. The van der Waals surface area contributed by atoms with Crippen LogP contribution in [0.3, 0.4) is 0 Å². The lowest BCUT2D eigenvalue weighted by molar-refractivity contribution is -0.118. The van der Waals surface area contributed by atoms with Crippen LogP contribution in [0, 0.1) is 5.82 Å². The van der Waals surface area contributed by atoms with Crippen molar-refractivity contribution in [1.82, 2.24) is 10.6 Å². The molecule has 0 atom stereocenters. The minimum atomic E-state index is -0.573. The molecule has 0 heterocycles. The van der Waals surface area contributed by atoms with E-state index in [-0.39, 0.29) is 18.3 Å². The van der Waals surface area contributed by atoms with Gasteiger partial charge in [-0.05, 0) is 31.0 Å². The third-order valence-electron chi connectivity index (χ3n) is 3.67. The normalized spacial score (nSPS) is 14.1. The van der Waals surface area contributed by atoms with Crippen molar-refractivity contribution in [2.24, 2.45) is 0 Å². The first kappa shape index (κ1) is 17.7. The Morgan fingerprint density at radius 1 is 1.21 bits per heavy atom. The third kappa shape index (κ3) is 5.53. The van der Waals surface area contributed by atoms with Crippen molar-refractivity contribution in [2.75, 3.05) is 17.2 Å². The molecule has 130 valence electrons. The fraction of sp³-hybridized carbons (Fsp3) is 0.438. The Morgan fingerprint density at radius 2 is 1.92 bits per heavy atom. The van der Waals surface area contributed by atoms with Crippen LogP contribution >= 0.6 is 0 Å². The van der Waals surface area contributed by atoms with Crippen LogP contribution in [-0.2, 0) is 9.59 Å². The monoisotopic (exact) mass is 336 g/mol. The summed E-state index contributed by atoms with van der Waals surface area (Å²) in [6, 6.07) is 3.61. The van der Waals surface area contributed by atoms with Crippen molar-refractivity contribution < 1.29 is 18.8 Å². The van der Waals surface area contributed by atoms with E-state index in [1.807, 2.05) is 0 Å². The second kappa shape index (κ2) is 8.28. The zero-order valence-corrected chi connectivity index (χ0v) is 13.4. The zero-order chi connectivity index (χ0) is 17.5. The lowest BCUT2D eigenvalue weighted by Gasteiger charge is -2.13. The second-order valence-electron chi connectivity index (χ2n) is 5.73. The van der Waals surface area contributed by atoms with Gasteiger partial charge in [-0.1, -0.05) is 12.8 Å². The Labute approximate surface area is 139 Å². The first-order chi connectivity index (χ1) is 11.4. The molecular weight excluding hydrogens is 315 g/mol. The Balaban J connectivity index is 1.80. The molecule has 1 aliphatic carbocycles. The van der Waals surface area contributed by atoms with E-state index in [4.69, 9.17) is 0 Å². The van der Waals surface area contributed by atoms with E-state index in [0.29, 0.717) is 5.69 Å². The molecule has 0 unspecified atom stereocenters. The molecule has 1 aromatic carbocycles. The summed E-state index contributed by atoms with van der Waals surface area (Å²) >= 11 is 0. The molecule has 0 bridgehead atoms. The number of imide groups is 1. The molecule has 8 heteroatoms. The van der Waals surface area contributed by atoms with Crippen LogP contribution in [0.15, 0.2) is 18.2 Å².